The van der Waals surface area contributed by atoms with Gasteiger partial charge in [-0.25, -0.2) is 0 Å². The highest BCUT2D eigenvalue weighted by atomic mass is 79.9. The lowest BCUT2D eigenvalue weighted by atomic mass is 10.1. The van der Waals surface area contributed by atoms with Crippen molar-refractivity contribution in [1.29, 1.82) is 0 Å². The van der Waals surface area contributed by atoms with Crippen LogP contribution in [0, 0.1) is 0 Å². The van der Waals surface area contributed by atoms with Crippen LogP contribution in [0.3, 0.4) is 0 Å². The van der Waals surface area contributed by atoms with Crippen LogP contribution in [0.15, 0.2) is 83.6 Å². The molecule has 1 N–H and O–H groups in total. The van der Waals surface area contributed by atoms with Gasteiger partial charge in [0.2, 0.25) is 6.54 Å². The van der Waals surface area contributed by atoms with Crippen molar-refractivity contribution in [2.45, 2.75) is 6.54 Å². The van der Waals surface area contributed by atoms with Gasteiger partial charge in [0.15, 0.2) is 12.4 Å². The molecule has 3 nitrogen and oxygen atoms in total. The van der Waals surface area contributed by atoms with Gasteiger partial charge in [0, 0.05) is 22.3 Å². The number of hydrogen-bond donors (Lipinski definition) is 1. The van der Waals surface area contributed by atoms with Gasteiger partial charge in [-0.1, -0.05) is 58.4 Å². The molecular formula is C21H19BrClN2O+. The molecule has 1 aromatic heterocycles. The molecule has 0 unspecified atom stereocenters. The lowest BCUT2D eigenvalue weighted by molar-refractivity contribution is -0.684. The van der Waals surface area contributed by atoms with Gasteiger partial charge in [-0.15, -0.1) is 12.4 Å². The van der Waals surface area contributed by atoms with Crippen molar-refractivity contribution in [2.24, 2.45) is 0 Å². The summed E-state index contributed by atoms with van der Waals surface area (Å²) < 4.78 is 2.84. The van der Waals surface area contributed by atoms with E-state index < -0.39 is 0 Å². The van der Waals surface area contributed by atoms with Crippen LogP contribution in [0.25, 0.3) is 12.2 Å². The molecule has 26 heavy (non-hydrogen) atoms. The van der Waals surface area contributed by atoms with Gasteiger partial charge in [0.05, 0.1) is 0 Å². The van der Waals surface area contributed by atoms with E-state index in [1.54, 1.807) is 0 Å². The molecule has 0 atom stereocenters. The highest BCUT2D eigenvalue weighted by Crippen LogP contribution is 2.13. The van der Waals surface area contributed by atoms with Crippen LogP contribution in [0.4, 0.5) is 5.69 Å². The Bertz CT molecular complexity index is 863. The van der Waals surface area contributed by atoms with E-state index in [0.717, 1.165) is 21.3 Å². The zero-order valence-corrected chi connectivity index (χ0v) is 16.4. The minimum Gasteiger partial charge on any atom is -0.321 e. The van der Waals surface area contributed by atoms with E-state index in [9.17, 15) is 4.79 Å². The summed E-state index contributed by atoms with van der Waals surface area (Å²) in [6, 6.07) is 21.7. The molecule has 1 amide bonds. The molecule has 0 radical (unpaired) electrons. The van der Waals surface area contributed by atoms with E-state index >= 15 is 0 Å². The maximum Gasteiger partial charge on any atom is 0.290 e. The normalized spacial score (nSPS) is 10.3. The molecule has 5 heteroatoms. The number of carbonyl (C=O) groups excluding carboxylic acids is 1. The zero-order valence-electron chi connectivity index (χ0n) is 14.0. The van der Waals surface area contributed by atoms with Gasteiger partial charge in [-0.3, -0.25) is 4.79 Å². The minimum atomic E-state index is -0.0556. The van der Waals surface area contributed by atoms with Gasteiger partial charge in [-0.05, 0) is 35.4 Å². The monoisotopic (exact) mass is 429 g/mol. The first-order valence-electron chi connectivity index (χ1n) is 7.97. The summed E-state index contributed by atoms with van der Waals surface area (Å²) in [5.74, 6) is -0.0556. The number of nitrogens with zero attached hydrogens (tertiary/aromatic N) is 1. The molecule has 0 aliphatic heterocycles. The van der Waals surface area contributed by atoms with Crippen molar-refractivity contribution in [2.75, 3.05) is 5.32 Å². The van der Waals surface area contributed by atoms with Gasteiger partial charge >= 0.3 is 0 Å². The number of pyridine rings is 1. The molecule has 0 spiro atoms. The van der Waals surface area contributed by atoms with E-state index in [0.29, 0.717) is 0 Å². The number of halogens is 2. The first-order chi connectivity index (χ1) is 12.2. The fourth-order valence-corrected chi connectivity index (χ4v) is 2.61. The van der Waals surface area contributed by atoms with E-state index in [4.69, 9.17) is 0 Å². The number of rotatable bonds is 5. The van der Waals surface area contributed by atoms with Crippen LogP contribution in [0.5, 0.6) is 0 Å². The molecule has 3 rings (SSSR count). The Labute approximate surface area is 167 Å². The Morgan fingerprint density at radius 1 is 0.885 bits per heavy atom. The van der Waals surface area contributed by atoms with Crippen LogP contribution < -0.4 is 9.88 Å². The quantitative estimate of drug-likeness (QED) is 0.570. The van der Waals surface area contributed by atoms with Crippen molar-refractivity contribution in [3.8, 4) is 0 Å². The highest BCUT2D eigenvalue weighted by molar-refractivity contribution is 9.10. The standard InChI is InChI=1S/C21H17BrN2O.ClH/c22-19-8-10-20(11-9-19)23-21(25)16-24-14-12-18(13-15-24)7-6-17-4-2-1-3-5-17;/h1-15H,16H2;1H/p+1/b7-6-;. The van der Waals surface area contributed by atoms with Crippen molar-refractivity contribution < 1.29 is 9.36 Å². The summed E-state index contributed by atoms with van der Waals surface area (Å²) >= 11 is 3.38. The Morgan fingerprint density at radius 2 is 1.46 bits per heavy atom. The van der Waals surface area contributed by atoms with Crippen LogP contribution in [0.1, 0.15) is 11.1 Å². The van der Waals surface area contributed by atoms with Crippen LogP contribution in [0.2, 0.25) is 0 Å². The van der Waals surface area contributed by atoms with Crippen LogP contribution in [-0.4, -0.2) is 5.91 Å². The number of nitrogens with one attached hydrogen (secondary N) is 1. The predicted molar refractivity (Wildman–Crippen MR) is 112 cm³/mol. The van der Waals surface area contributed by atoms with E-state index in [2.05, 4.69) is 45.5 Å². The first kappa shape index (κ1) is 19.9. The molecular weight excluding hydrogens is 412 g/mol. The fraction of sp³-hybridized carbons (Fsp3) is 0.0476. The summed E-state index contributed by atoms with van der Waals surface area (Å²) in [6.45, 7) is 0.277. The number of benzene rings is 2. The Balaban J connectivity index is 0.00000243. The van der Waals surface area contributed by atoms with Gasteiger partial charge in [0.25, 0.3) is 5.91 Å². The molecule has 132 valence electrons. The number of amides is 1. The lowest BCUT2D eigenvalue weighted by Crippen LogP contribution is -2.39. The number of carbonyl (C=O) groups is 1. The topological polar surface area (TPSA) is 33.0 Å². The summed E-state index contributed by atoms with van der Waals surface area (Å²) in [4.78, 5) is 12.1. The van der Waals surface area contributed by atoms with Gasteiger partial charge < -0.3 is 5.32 Å². The van der Waals surface area contributed by atoms with Gasteiger partial charge in [0.1, 0.15) is 0 Å². The van der Waals surface area contributed by atoms with Gasteiger partial charge in [-0.2, -0.15) is 4.57 Å². The Kier molecular flexibility index (Phi) is 7.57. The molecule has 1 heterocycles. The van der Waals surface area contributed by atoms with E-state index in [1.807, 2.05) is 71.6 Å². The molecule has 0 fully saturated rings. The molecule has 0 saturated heterocycles. The maximum atomic E-state index is 12.1. The second-order valence-electron chi connectivity index (χ2n) is 5.60. The molecule has 2 aromatic carbocycles. The molecule has 0 aliphatic carbocycles. The SMILES string of the molecule is Cl.O=C(C[n+]1ccc(/C=C\c2ccccc2)cc1)Nc1ccc(Br)cc1. The molecule has 3 aromatic rings. The van der Waals surface area contributed by atoms with Crippen molar-refractivity contribution >= 4 is 52.1 Å². The number of aromatic nitrogens is 1. The third-order valence-electron chi connectivity index (χ3n) is 3.64. The van der Waals surface area contributed by atoms with Crippen LogP contribution in [-0.2, 0) is 11.3 Å². The van der Waals surface area contributed by atoms with Crippen molar-refractivity contribution in [3.63, 3.8) is 0 Å². The predicted octanol–water partition coefficient (Wildman–Crippen LogP) is 4.97. The second-order valence-corrected chi connectivity index (χ2v) is 6.52. The Hall–Kier alpha value is -2.43. The van der Waals surface area contributed by atoms with E-state index in [1.165, 1.54) is 0 Å². The Morgan fingerprint density at radius 3 is 2.08 bits per heavy atom. The average Bonchev–Trinajstić information content (AvgIpc) is 2.64. The average molecular weight is 431 g/mol. The summed E-state index contributed by atoms with van der Waals surface area (Å²) in [7, 11) is 0. The summed E-state index contributed by atoms with van der Waals surface area (Å²) in [6.07, 6.45) is 7.94. The molecule has 0 bridgehead atoms. The number of anilines is 1. The second kappa shape index (κ2) is 9.90. The smallest absolute Gasteiger partial charge is 0.290 e. The largest absolute Gasteiger partial charge is 0.321 e. The molecule has 0 saturated carbocycles. The van der Waals surface area contributed by atoms with E-state index in [-0.39, 0.29) is 24.9 Å². The maximum absolute atomic E-state index is 12.1. The molecule has 0 aliphatic rings. The first-order valence-corrected chi connectivity index (χ1v) is 8.76. The van der Waals surface area contributed by atoms with Crippen LogP contribution >= 0.6 is 28.3 Å². The number of hydrogen-bond acceptors (Lipinski definition) is 1. The third-order valence-corrected chi connectivity index (χ3v) is 4.17. The van der Waals surface area contributed by atoms with Crippen molar-refractivity contribution in [3.05, 3.63) is 94.7 Å². The fourth-order valence-electron chi connectivity index (χ4n) is 2.34. The summed E-state index contributed by atoms with van der Waals surface area (Å²) in [5, 5.41) is 2.88. The lowest BCUT2D eigenvalue weighted by Gasteiger charge is -2.03. The minimum absolute atomic E-state index is 0. The third kappa shape index (κ3) is 6.14. The summed E-state index contributed by atoms with van der Waals surface area (Å²) in [5.41, 5.74) is 3.04. The van der Waals surface area contributed by atoms with Crippen molar-refractivity contribution in [1.82, 2.24) is 0 Å². The zero-order chi connectivity index (χ0) is 17.5. The highest BCUT2D eigenvalue weighted by Gasteiger charge is 2.09.